The highest BCUT2D eigenvalue weighted by Crippen LogP contribution is 2.49. The summed E-state index contributed by atoms with van der Waals surface area (Å²) in [5.41, 5.74) is -1.88. The molecule has 3 fully saturated rings. The van der Waals surface area contributed by atoms with Gasteiger partial charge in [-0.3, -0.25) is 14.5 Å². The number of halogens is 5. The van der Waals surface area contributed by atoms with Crippen LogP contribution in [0.3, 0.4) is 0 Å². The average Bonchev–Trinajstić information content (AvgIpc) is 3.41. The number of hydrogen-bond acceptors (Lipinski definition) is 3. The Morgan fingerprint density at radius 2 is 1.77 bits per heavy atom. The molecule has 5 nitrogen and oxygen atoms in total. The van der Waals surface area contributed by atoms with Crippen molar-refractivity contribution in [1.82, 2.24) is 15.5 Å². The van der Waals surface area contributed by atoms with Gasteiger partial charge in [-0.1, -0.05) is 11.6 Å². The summed E-state index contributed by atoms with van der Waals surface area (Å²) >= 11 is 5.80. The molecule has 3 atom stereocenters. The molecule has 1 aliphatic carbocycles. The maximum atomic E-state index is 13.4. The second-order valence-corrected chi connectivity index (χ2v) is 9.33. The second-order valence-electron chi connectivity index (χ2n) is 8.89. The lowest BCUT2D eigenvalue weighted by molar-refractivity contribution is -0.170. The molecule has 2 saturated heterocycles. The highest BCUT2D eigenvalue weighted by Gasteiger charge is 2.64. The Hall–Kier alpha value is -1.87. The van der Waals surface area contributed by atoms with Crippen molar-refractivity contribution in [3.63, 3.8) is 0 Å². The van der Waals surface area contributed by atoms with Gasteiger partial charge in [0.2, 0.25) is 5.91 Å². The lowest BCUT2D eigenvalue weighted by atomic mass is 9.90. The first kappa shape index (κ1) is 22.3. The van der Waals surface area contributed by atoms with Crippen LogP contribution in [0.2, 0.25) is 5.02 Å². The first-order chi connectivity index (χ1) is 14.6. The van der Waals surface area contributed by atoms with Gasteiger partial charge in [0.25, 0.3) is 5.91 Å². The molecule has 0 radical (unpaired) electrons. The Morgan fingerprint density at radius 1 is 1.13 bits per heavy atom. The van der Waals surface area contributed by atoms with Crippen LogP contribution in [0, 0.1) is 11.7 Å². The molecule has 1 aromatic carbocycles. The molecule has 2 bridgehead atoms. The number of nitrogens with zero attached hydrogens (tertiary/aromatic N) is 1. The number of benzene rings is 1. The number of rotatable bonds is 6. The van der Waals surface area contributed by atoms with Crippen LogP contribution in [0.15, 0.2) is 18.2 Å². The molecule has 10 heteroatoms. The van der Waals surface area contributed by atoms with Gasteiger partial charge in [0.1, 0.15) is 11.4 Å². The summed E-state index contributed by atoms with van der Waals surface area (Å²) in [5, 5.41) is 5.16. The van der Waals surface area contributed by atoms with E-state index in [0.717, 1.165) is 37.8 Å². The van der Waals surface area contributed by atoms with Crippen LogP contribution < -0.4 is 10.6 Å². The molecule has 2 amide bonds. The van der Waals surface area contributed by atoms with Crippen molar-refractivity contribution in [3.05, 3.63) is 34.6 Å². The molecule has 3 aliphatic rings. The van der Waals surface area contributed by atoms with Gasteiger partial charge in [-0.25, -0.2) is 4.39 Å². The molecule has 0 aromatic heterocycles. The zero-order chi connectivity index (χ0) is 22.4. The van der Waals surface area contributed by atoms with Crippen molar-refractivity contribution in [2.45, 2.75) is 62.3 Å². The Labute approximate surface area is 182 Å². The maximum Gasteiger partial charge on any atom is 0.411 e. The van der Waals surface area contributed by atoms with Gasteiger partial charge in [0, 0.05) is 29.2 Å². The van der Waals surface area contributed by atoms with Crippen LogP contribution in [0.25, 0.3) is 0 Å². The number of carbonyl (C=O) groups is 2. The minimum Gasteiger partial charge on any atom is -0.352 e. The molecule has 4 rings (SSSR count). The molecule has 1 saturated carbocycles. The fourth-order valence-electron chi connectivity index (χ4n) is 4.91. The van der Waals surface area contributed by atoms with Gasteiger partial charge in [0.15, 0.2) is 0 Å². The fourth-order valence-corrected chi connectivity index (χ4v) is 5.13. The zero-order valence-electron chi connectivity index (χ0n) is 16.8. The minimum absolute atomic E-state index is 0.0337. The number of alkyl halides is 3. The summed E-state index contributed by atoms with van der Waals surface area (Å²) in [6.07, 6.45) is -1.28. The summed E-state index contributed by atoms with van der Waals surface area (Å²) < 4.78 is 52.7. The van der Waals surface area contributed by atoms with Crippen LogP contribution in [0.5, 0.6) is 0 Å². The summed E-state index contributed by atoms with van der Waals surface area (Å²) in [6.45, 7) is 0.380. The standard InChI is InChI=1S/C21H24ClF4N3O2/c22-14-7-13(8-15(23)9-14)19(31)27-10-12-5-16-1-2-17(6-12)29(16)11-18(30)28-20(3-4-20)21(24,25)26/h7-9,12,16-17H,1-6,10-11H2,(H,27,31)(H,28,30)/t12-,16-,17+. The molecule has 2 aliphatic heterocycles. The molecule has 170 valence electrons. The summed E-state index contributed by atoms with van der Waals surface area (Å²) in [6, 6.07) is 3.87. The fraction of sp³-hybridized carbons (Fsp3) is 0.619. The van der Waals surface area contributed by atoms with Crippen molar-refractivity contribution in [1.29, 1.82) is 0 Å². The molecule has 0 spiro atoms. The second kappa shape index (κ2) is 8.24. The normalized spacial score (nSPS) is 27.1. The van der Waals surface area contributed by atoms with E-state index in [1.54, 1.807) is 0 Å². The van der Waals surface area contributed by atoms with Gasteiger partial charge < -0.3 is 10.6 Å². The quantitative estimate of drug-likeness (QED) is 0.636. The van der Waals surface area contributed by atoms with E-state index in [-0.39, 0.29) is 48.0 Å². The monoisotopic (exact) mass is 461 g/mol. The Balaban J connectivity index is 1.28. The maximum absolute atomic E-state index is 13.4. The molecular formula is C21H24ClF4N3O2. The largest absolute Gasteiger partial charge is 0.411 e. The van der Waals surface area contributed by atoms with Crippen LogP contribution in [0.1, 0.15) is 48.9 Å². The number of fused-ring (bicyclic) bond motifs is 2. The van der Waals surface area contributed by atoms with E-state index in [2.05, 4.69) is 10.6 Å². The average molecular weight is 462 g/mol. The predicted octanol–water partition coefficient (Wildman–Crippen LogP) is 3.66. The molecule has 2 heterocycles. The SMILES string of the molecule is O=C(CN1[C@@H]2CC[C@H]1C[C@H](CNC(=O)c1cc(F)cc(Cl)c1)C2)NC1(C(F)(F)F)CC1. The number of amides is 2. The molecule has 0 unspecified atom stereocenters. The van der Waals surface area contributed by atoms with Crippen LogP contribution in [0.4, 0.5) is 17.6 Å². The third-order valence-electron chi connectivity index (χ3n) is 6.66. The van der Waals surface area contributed by atoms with Crippen molar-refractivity contribution >= 4 is 23.4 Å². The first-order valence-corrected chi connectivity index (χ1v) is 10.8. The lowest BCUT2D eigenvalue weighted by Crippen LogP contribution is -2.54. The van der Waals surface area contributed by atoms with Gasteiger partial charge in [-0.05, 0) is 62.6 Å². The summed E-state index contributed by atoms with van der Waals surface area (Å²) in [4.78, 5) is 26.6. The van der Waals surface area contributed by atoms with Gasteiger partial charge in [0.05, 0.1) is 6.54 Å². The Morgan fingerprint density at radius 3 is 2.32 bits per heavy atom. The predicted molar refractivity (Wildman–Crippen MR) is 106 cm³/mol. The highest BCUT2D eigenvalue weighted by molar-refractivity contribution is 6.31. The lowest BCUT2D eigenvalue weighted by Gasteiger charge is -2.39. The highest BCUT2D eigenvalue weighted by atomic mass is 35.5. The third kappa shape index (κ3) is 4.82. The van der Waals surface area contributed by atoms with Gasteiger partial charge in [-0.15, -0.1) is 0 Å². The number of carbonyl (C=O) groups excluding carboxylic acids is 2. The van der Waals surface area contributed by atoms with E-state index >= 15 is 0 Å². The van der Waals surface area contributed by atoms with E-state index in [0.29, 0.717) is 6.54 Å². The zero-order valence-corrected chi connectivity index (χ0v) is 17.5. The molecule has 31 heavy (non-hydrogen) atoms. The number of hydrogen-bond donors (Lipinski definition) is 2. The van der Waals surface area contributed by atoms with E-state index < -0.39 is 29.3 Å². The smallest absolute Gasteiger partial charge is 0.352 e. The number of nitrogens with one attached hydrogen (secondary N) is 2. The van der Waals surface area contributed by atoms with Crippen molar-refractivity contribution in [2.75, 3.05) is 13.1 Å². The van der Waals surface area contributed by atoms with E-state index in [1.165, 1.54) is 6.07 Å². The van der Waals surface area contributed by atoms with Gasteiger partial charge >= 0.3 is 6.18 Å². The van der Waals surface area contributed by atoms with E-state index in [4.69, 9.17) is 11.6 Å². The van der Waals surface area contributed by atoms with Crippen molar-refractivity contribution in [3.8, 4) is 0 Å². The van der Waals surface area contributed by atoms with Crippen molar-refractivity contribution < 1.29 is 27.2 Å². The first-order valence-electron chi connectivity index (χ1n) is 10.4. The minimum atomic E-state index is -4.42. The Kier molecular flexibility index (Phi) is 5.93. The van der Waals surface area contributed by atoms with Crippen LogP contribution >= 0.6 is 11.6 Å². The van der Waals surface area contributed by atoms with E-state index in [1.807, 2.05) is 4.90 Å². The topological polar surface area (TPSA) is 61.4 Å². The molecular weight excluding hydrogens is 438 g/mol. The molecule has 1 aromatic rings. The van der Waals surface area contributed by atoms with Crippen LogP contribution in [-0.4, -0.2) is 53.6 Å². The van der Waals surface area contributed by atoms with E-state index in [9.17, 15) is 27.2 Å². The summed E-state index contributed by atoms with van der Waals surface area (Å²) in [7, 11) is 0. The van der Waals surface area contributed by atoms with Crippen LogP contribution in [-0.2, 0) is 4.79 Å². The Bertz CT molecular complexity index is 840. The number of piperidine rings is 1. The summed E-state index contributed by atoms with van der Waals surface area (Å²) in [5.74, 6) is -1.38. The van der Waals surface area contributed by atoms with Crippen molar-refractivity contribution in [2.24, 2.45) is 5.92 Å². The van der Waals surface area contributed by atoms with Gasteiger partial charge in [-0.2, -0.15) is 13.2 Å². The third-order valence-corrected chi connectivity index (χ3v) is 6.87. The molecule has 2 N–H and O–H groups in total.